The van der Waals surface area contributed by atoms with Crippen LogP contribution in [0.2, 0.25) is 0 Å². The summed E-state index contributed by atoms with van der Waals surface area (Å²) >= 11 is 0. The van der Waals surface area contributed by atoms with Gasteiger partial charge in [-0.2, -0.15) is 0 Å². The fourth-order valence-electron chi connectivity index (χ4n) is 8.56. The molecule has 1 aromatic heterocycles. The van der Waals surface area contributed by atoms with E-state index < -0.39 is 0 Å². The van der Waals surface area contributed by atoms with Crippen LogP contribution in [0.25, 0.3) is 32.9 Å². The van der Waals surface area contributed by atoms with E-state index in [9.17, 15) is 0 Å². The van der Waals surface area contributed by atoms with Crippen LogP contribution in [-0.2, 0) is 0 Å². The largest absolute Gasteiger partial charge is 0.456 e. The Hall–Kier alpha value is -5.97. The van der Waals surface area contributed by atoms with E-state index in [1.54, 1.807) is 0 Å². The highest BCUT2D eigenvalue weighted by Crippen LogP contribution is 2.33. The van der Waals surface area contributed by atoms with Gasteiger partial charge >= 0.3 is 0 Å². The van der Waals surface area contributed by atoms with Crippen LogP contribution >= 0.6 is 0 Å². The number of allylic oxidation sites excluding steroid dienone is 2. The van der Waals surface area contributed by atoms with Gasteiger partial charge in [0.15, 0.2) is 0 Å². The number of hydrogen-bond donors (Lipinski definition) is 2. The third-order valence-corrected chi connectivity index (χ3v) is 11.4. The molecule has 2 aliphatic carbocycles. The lowest BCUT2D eigenvalue weighted by molar-refractivity contribution is 0.409. The van der Waals surface area contributed by atoms with Crippen LogP contribution in [0, 0.1) is 0 Å². The predicted molar refractivity (Wildman–Crippen MR) is 217 cm³/mol. The van der Waals surface area contributed by atoms with Crippen molar-refractivity contribution in [2.24, 2.45) is 4.99 Å². The van der Waals surface area contributed by atoms with E-state index in [4.69, 9.17) is 9.41 Å². The van der Waals surface area contributed by atoms with E-state index in [0.717, 1.165) is 47.2 Å². The average molecular weight is 688 g/mol. The summed E-state index contributed by atoms with van der Waals surface area (Å²) in [5, 5.41) is 12.3. The maximum absolute atomic E-state index is 6.90. The third kappa shape index (κ3) is 5.99. The maximum atomic E-state index is 6.90. The highest BCUT2D eigenvalue weighted by molar-refractivity contribution is 6.00. The summed E-state index contributed by atoms with van der Waals surface area (Å²) < 4.78 is 6.90. The number of fused-ring (bicyclic) bond motifs is 4. The Morgan fingerprint density at radius 1 is 0.585 bits per heavy atom. The molecule has 3 atom stereocenters. The Morgan fingerprint density at radius 3 is 1.96 bits per heavy atom. The molecule has 4 heteroatoms. The number of amidine groups is 1. The summed E-state index contributed by atoms with van der Waals surface area (Å²) in [5.74, 6) is 1.50. The number of benzene rings is 6. The molecule has 0 amide bonds. The molecular formula is C49H41N3O. The zero-order chi connectivity index (χ0) is 35.1. The molecule has 0 saturated heterocycles. The molecule has 0 spiro atoms. The van der Waals surface area contributed by atoms with Crippen molar-refractivity contribution < 1.29 is 4.42 Å². The minimum Gasteiger partial charge on any atom is -0.456 e. The lowest BCUT2D eigenvalue weighted by atomic mass is 9.85. The molecule has 0 saturated carbocycles. The summed E-state index contributed by atoms with van der Waals surface area (Å²) in [6.45, 7) is 0. The number of nitrogens with one attached hydrogen (secondary N) is 2. The molecule has 10 rings (SSSR count). The Morgan fingerprint density at radius 2 is 1.23 bits per heavy atom. The molecule has 7 aromatic rings. The molecule has 3 aliphatic rings. The van der Waals surface area contributed by atoms with E-state index in [-0.39, 0.29) is 12.3 Å². The minimum atomic E-state index is -0.166. The van der Waals surface area contributed by atoms with Crippen LogP contribution in [0.1, 0.15) is 83.7 Å². The van der Waals surface area contributed by atoms with Gasteiger partial charge in [-0.05, 0) is 94.3 Å². The van der Waals surface area contributed by atoms with Gasteiger partial charge in [0.2, 0.25) is 0 Å². The number of rotatable bonds is 6. The number of aliphatic imine (C=N–C) groups is 1. The summed E-state index contributed by atoms with van der Waals surface area (Å²) in [4.78, 5) is 5.17. The molecule has 0 bridgehead atoms. The molecule has 258 valence electrons. The summed E-state index contributed by atoms with van der Waals surface area (Å²) in [5.41, 5.74) is 11.9. The molecule has 0 fully saturated rings. The summed E-state index contributed by atoms with van der Waals surface area (Å²) in [6.07, 6.45) is 9.83. The second-order valence-corrected chi connectivity index (χ2v) is 14.6. The fraction of sp³-hybridized carbons (Fsp3) is 0.163. The zero-order valence-corrected chi connectivity index (χ0v) is 29.6. The normalized spacial score (nSPS) is 19.9. The van der Waals surface area contributed by atoms with Gasteiger partial charge in [0.25, 0.3) is 0 Å². The number of hydrogen-bond acceptors (Lipinski definition) is 4. The third-order valence-electron chi connectivity index (χ3n) is 11.4. The monoisotopic (exact) mass is 687 g/mol. The molecule has 0 radical (unpaired) electrons. The first-order chi connectivity index (χ1) is 26.2. The molecule has 53 heavy (non-hydrogen) atoms. The van der Waals surface area contributed by atoms with Crippen molar-refractivity contribution in [3.8, 4) is 0 Å². The minimum absolute atomic E-state index is 0.0718. The number of nitrogens with zero attached hydrogens (tertiary/aromatic N) is 1. The molecule has 6 aromatic carbocycles. The van der Waals surface area contributed by atoms with Crippen LogP contribution in [0.15, 0.2) is 167 Å². The molecule has 4 nitrogen and oxygen atoms in total. The molecule has 2 heterocycles. The van der Waals surface area contributed by atoms with Crippen molar-refractivity contribution in [3.63, 3.8) is 0 Å². The number of furan rings is 1. The maximum Gasteiger partial charge on any atom is 0.139 e. The van der Waals surface area contributed by atoms with E-state index in [0.29, 0.717) is 5.92 Å². The van der Waals surface area contributed by atoms with Crippen molar-refractivity contribution in [3.05, 3.63) is 202 Å². The first-order valence-corrected chi connectivity index (χ1v) is 19.0. The van der Waals surface area contributed by atoms with Crippen LogP contribution in [0.4, 0.5) is 0 Å². The van der Waals surface area contributed by atoms with Crippen molar-refractivity contribution in [2.45, 2.75) is 50.4 Å². The fourth-order valence-corrected chi connectivity index (χ4v) is 8.56. The van der Waals surface area contributed by atoms with Gasteiger partial charge < -0.3 is 9.73 Å². The topological polar surface area (TPSA) is 49.6 Å². The van der Waals surface area contributed by atoms with Gasteiger partial charge in [0, 0.05) is 21.7 Å². The second kappa shape index (κ2) is 13.5. The van der Waals surface area contributed by atoms with Gasteiger partial charge in [0.1, 0.15) is 29.2 Å². The Labute approximate surface area is 309 Å². The van der Waals surface area contributed by atoms with Crippen LogP contribution in [0.5, 0.6) is 0 Å². The van der Waals surface area contributed by atoms with Gasteiger partial charge in [-0.1, -0.05) is 146 Å². The molecule has 2 N–H and O–H groups in total. The Kier molecular flexibility index (Phi) is 8.11. The van der Waals surface area contributed by atoms with E-state index in [2.05, 4.69) is 162 Å². The van der Waals surface area contributed by atoms with Crippen molar-refractivity contribution >= 4 is 38.7 Å². The van der Waals surface area contributed by atoms with Crippen LogP contribution in [-0.4, -0.2) is 5.84 Å². The lowest BCUT2D eigenvalue weighted by Gasteiger charge is -2.32. The molecule has 3 unspecified atom stereocenters. The first-order valence-electron chi connectivity index (χ1n) is 19.0. The van der Waals surface area contributed by atoms with E-state index >= 15 is 0 Å². The van der Waals surface area contributed by atoms with E-state index in [1.165, 1.54) is 67.6 Å². The smallest absolute Gasteiger partial charge is 0.139 e. The Bertz CT molecular complexity index is 2640. The quantitative estimate of drug-likeness (QED) is 0.171. The second-order valence-electron chi connectivity index (χ2n) is 14.6. The highest BCUT2D eigenvalue weighted by Gasteiger charge is 2.26. The van der Waals surface area contributed by atoms with Crippen LogP contribution in [0.3, 0.4) is 0 Å². The van der Waals surface area contributed by atoms with E-state index in [1.807, 2.05) is 6.07 Å². The summed E-state index contributed by atoms with van der Waals surface area (Å²) in [6, 6.07) is 52.5. The lowest BCUT2D eigenvalue weighted by Crippen LogP contribution is -2.44. The zero-order valence-electron chi connectivity index (χ0n) is 29.6. The Balaban J connectivity index is 1.08. The predicted octanol–water partition coefficient (Wildman–Crippen LogP) is 9.94. The SMILES string of the molecule is C1=CCC(c2ccc(C3=c4c(oc5cc6ccccc6cc45)=C(c4ccc(C5=NC(c6ccccc6)NC(c6ccccc6)N5)cc4)CC3)cc2)CC1. The van der Waals surface area contributed by atoms with Gasteiger partial charge in [0.05, 0.1) is 0 Å². The summed E-state index contributed by atoms with van der Waals surface area (Å²) in [7, 11) is 0. The first kappa shape index (κ1) is 31.7. The molecule has 1 aliphatic heterocycles. The van der Waals surface area contributed by atoms with Gasteiger partial charge in [-0.3, -0.25) is 5.32 Å². The van der Waals surface area contributed by atoms with Gasteiger partial charge in [-0.25, -0.2) is 4.99 Å². The van der Waals surface area contributed by atoms with Crippen LogP contribution < -0.4 is 21.3 Å². The van der Waals surface area contributed by atoms with Crippen molar-refractivity contribution in [1.82, 2.24) is 10.6 Å². The standard InChI is InChI=1S/C49H41N3O/c1-4-12-32(13-5-1)33-20-22-34(23-21-33)41-28-29-42(46-45(41)43-30-39-18-10-11-19-40(39)31-44(43)53-46)35-24-26-38(27-25-35)49-51-47(36-14-6-2-7-15-36)50-48(52-49)37-16-8-3-9-17-37/h1-4,6-11,14-27,30-32,47-48,50H,5,12-13,28-29H2,(H,51,52). The van der Waals surface area contributed by atoms with Crippen molar-refractivity contribution in [2.75, 3.05) is 0 Å². The highest BCUT2D eigenvalue weighted by atomic mass is 16.3. The van der Waals surface area contributed by atoms with Gasteiger partial charge in [-0.15, -0.1) is 0 Å². The molecular weight excluding hydrogens is 647 g/mol. The average Bonchev–Trinajstić information content (AvgIpc) is 3.62. The van der Waals surface area contributed by atoms with Crippen molar-refractivity contribution in [1.29, 1.82) is 0 Å².